The van der Waals surface area contributed by atoms with Gasteiger partial charge in [-0.15, -0.1) is 0 Å². The summed E-state index contributed by atoms with van der Waals surface area (Å²) < 4.78 is 0. The van der Waals surface area contributed by atoms with Crippen LogP contribution in [0.3, 0.4) is 0 Å². The van der Waals surface area contributed by atoms with Gasteiger partial charge in [-0.3, -0.25) is 4.98 Å². The van der Waals surface area contributed by atoms with Gasteiger partial charge in [-0.1, -0.05) is 13.8 Å². The number of nitrogens with zero attached hydrogens (tertiary/aromatic N) is 1. The summed E-state index contributed by atoms with van der Waals surface area (Å²) in [5.41, 5.74) is 2.45. The first kappa shape index (κ1) is 13.0. The van der Waals surface area contributed by atoms with Crippen LogP contribution >= 0.6 is 0 Å². The normalized spacial score (nSPS) is 11.9. The maximum Gasteiger partial charge on any atom is 0.0420 e. The Balaban J connectivity index is 2.75. The number of hydrogen-bond donors (Lipinski definition) is 2. The molecule has 3 nitrogen and oxygen atoms in total. The van der Waals surface area contributed by atoms with Crippen molar-refractivity contribution in [2.75, 3.05) is 5.32 Å². The zero-order valence-electron chi connectivity index (χ0n) is 11.0. The van der Waals surface area contributed by atoms with Crippen LogP contribution in [-0.4, -0.2) is 16.6 Å². The first-order valence-electron chi connectivity index (χ1n) is 5.83. The molecule has 0 aliphatic rings. The number of hydrogen-bond acceptors (Lipinski definition) is 3. The molecule has 0 unspecified atom stereocenters. The van der Waals surface area contributed by atoms with Crippen LogP contribution in [-0.2, 0) is 6.54 Å². The lowest BCUT2D eigenvalue weighted by Gasteiger charge is -2.24. The van der Waals surface area contributed by atoms with Crippen molar-refractivity contribution >= 4 is 5.69 Å². The molecule has 1 heterocycles. The molecular weight excluding hydrogens is 198 g/mol. The molecule has 0 spiro atoms. The summed E-state index contributed by atoms with van der Waals surface area (Å²) in [6.07, 6.45) is 3.75. The van der Waals surface area contributed by atoms with Crippen LogP contribution in [0.15, 0.2) is 18.5 Å². The molecular formula is C13H23N3. The Hall–Kier alpha value is -1.09. The van der Waals surface area contributed by atoms with Crippen molar-refractivity contribution in [3.63, 3.8) is 0 Å². The van der Waals surface area contributed by atoms with E-state index in [1.807, 2.05) is 18.5 Å². The van der Waals surface area contributed by atoms with Crippen molar-refractivity contribution in [3.8, 4) is 0 Å². The molecule has 1 rings (SSSR count). The van der Waals surface area contributed by atoms with Gasteiger partial charge in [-0.2, -0.15) is 0 Å². The predicted molar refractivity (Wildman–Crippen MR) is 69.6 cm³/mol. The third kappa shape index (κ3) is 4.62. The maximum absolute atomic E-state index is 4.17. The van der Waals surface area contributed by atoms with E-state index < -0.39 is 0 Å². The average molecular weight is 221 g/mol. The van der Waals surface area contributed by atoms with Crippen LogP contribution < -0.4 is 10.6 Å². The Morgan fingerprint density at radius 2 is 2.00 bits per heavy atom. The minimum atomic E-state index is 0.0773. The topological polar surface area (TPSA) is 37.0 Å². The summed E-state index contributed by atoms with van der Waals surface area (Å²) in [6.45, 7) is 11.6. The van der Waals surface area contributed by atoms with Crippen molar-refractivity contribution in [2.24, 2.45) is 0 Å². The standard InChI is InChI=1S/C13H23N3/c1-10(2)15-9-11-8-14-7-6-12(11)16-13(3,4)5/h6-8,10,15H,9H2,1-5H3,(H,14,16). The average Bonchev–Trinajstić information content (AvgIpc) is 2.14. The van der Waals surface area contributed by atoms with Crippen molar-refractivity contribution in [1.82, 2.24) is 10.3 Å². The first-order chi connectivity index (χ1) is 7.38. The SMILES string of the molecule is CC(C)NCc1cnccc1NC(C)(C)C. The summed E-state index contributed by atoms with van der Waals surface area (Å²) in [5.74, 6) is 0. The highest BCUT2D eigenvalue weighted by Gasteiger charge is 2.11. The van der Waals surface area contributed by atoms with Crippen molar-refractivity contribution in [3.05, 3.63) is 24.0 Å². The number of aromatic nitrogens is 1. The van der Waals surface area contributed by atoms with Crippen LogP contribution in [0.2, 0.25) is 0 Å². The molecule has 2 N–H and O–H groups in total. The lowest BCUT2D eigenvalue weighted by atomic mass is 10.1. The molecule has 0 amide bonds. The Morgan fingerprint density at radius 3 is 2.56 bits per heavy atom. The highest BCUT2D eigenvalue weighted by molar-refractivity contribution is 5.51. The molecule has 0 saturated carbocycles. The van der Waals surface area contributed by atoms with E-state index in [-0.39, 0.29) is 5.54 Å². The van der Waals surface area contributed by atoms with Crippen LogP contribution in [0.4, 0.5) is 5.69 Å². The molecule has 3 heteroatoms. The van der Waals surface area contributed by atoms with Gasteiger partial charge in [0.2, 0.25) is 0 Å². The Bertz CT molecular complexity index is 326. The molecule has 0 aliphatic carbocycles. The molecule has 1 aromatic heterocycles. The van der Waals surface area contributed by atoms with Gasteiger partial charge >= 0.3 is 0 Å². The molecule has 16 heavy (non-hydrogen) atoms. The van der Waals surface area contributed by atoms with Gasteiger partial charge < -0.3 is 10.6 Å². The highest BCUT2D eigenvalue weighted by Crippen LogP contribution is 2.18. The van der Waals surface area contributed by atoms with Crippen LogP contribution in [0.1, 0.15) is 40.2 Å². The van der Waals surface area contributed by atoms with E-state index in [2.05, 4.69) is 50.2 Å². The van der Waals surface area contributed by atoms with E-state index in [9.17, 15) is 0 Å². The van der Waals surface area contributed by atoms with Gasteiger partial charge in [0.15, 0.2) is 0 Å². The summed E-state index contributed by atoms with van der Waals surface area (Å²) in [7, 11) is 0. The summed E-state index contributed by atoms with van der Waals surface area (Å²) in [4.78, 5) is 4.17. The quantitative estimate of drug-likeness (QED) is 0.821. The second-order valence-electron chi connectivity index (χ2n) is 5.44. The van der Waals surface area contributed by atoms with Crippen LogP contribution in [0.25, 0.3) is 0 Å². The number of pyridine rings is 1. The highest BCUT2D eigenvalue weighted by atomic mass is 15.0. The Labute approximate surface area is 98.7 Å². The van der Waals surface area contributed by atoms with Gasteiger partial charge in [-0.25, -0.2) is 0 Å². The smallest absolute Gasteiger partial charge is 0.0420 e. The number of anilines is 1. The van der Waals surface area contributed by atoms with E-state index in [4.69, 9.17) is 0 Å². The van der Waals surface area contributed by atoms with E-state index in [0.29, 0.717) is 6.04 Å². The summed E-state index contributed by atoms with van der Waals surface area (Å²) in [6, 6.07) is 2.52. The van der Waals surface area contributed by atoms with Crippen molar-refractivity contribution < 1.29 is 0 Å². The van der Waals surface area contributed by atoms with Gasteiger partial charge in [-0.05, 0) is 26.8 Å². The van der Waals surface area contributed by atoms with Gasteiger partial charge in [0.1, 0.15) is 0 Å². The fourth-order valence-electron chi connectivity index (χ4n) is 1.41. The number of nitrogens with one attached hydrogen (secondary N) is 2. The van der Waals surface area contributed by atoms with E-state index in [1.165, 1.54) is 5.56 Å². The predicted octanol–water partition coefficient (Wildman–Crippen LogP) is 2.79. The molecule has 0 atom stereocenters. The molecule has 1 aromatic rings. The van der Waals surface area contributed by atoms with E-state index >= 15 is 0 Å². The first-order valence-corrected chi connectivity index (χ1v) is 5.83. The lowest BCUT2D eigenvalue weighted by Crippen LogP contribution is -2.28. The minimum absolute atomic E-state index is 0.0773. The Morgan fingerprint density at radius 1 is 1.31 bits per heavy atom. The molecule has 0 radical (unpaired) electrons. The third-order valence-electron chi connectivity index (χ3n) is 2.11. The number of rotatable bonds is 4. The van der Waals surface area contributed by atoms with Gasteiger partial charge in [0.25, 0.3) is 0 Å². The summed E-state index contributed by atoms with van der Waals surface area (Å²) >= 11 is 0. The fourth-order valence-corrected chi connectivity index (χ4v) is 1.41. The monoisotopic (exact) mass is 221 g/mol. The second kappa shape index (κ2) is 5.30. The lowest BCUT2D eigenvalue weighted by molar-refractivity contribution is 0.585. The van der Waals surface area contributed by atoms with Crippen molar-refractivity contribution in [2.45, 2.75) is 52.7 Å². The van der Waals surface area contributed by atoms with E-state index in [1.54, 1.807) is 0 Å². The van der Waals surface area contributed by atoms with Crippen LogP contribution in [0.5, 0.6) is 0 Å². The zero-order chi connectivity index (χ0) is 12.2. The van der Waals surface area contributed by atoms with Crippen molar-refractivity contribution in [1.29, 1.82) is 0 Å². The molecule has 0 aromatic carbocycles. The minimum Gasteiger partial charge on any atom is -0.380 e. The fraction of sp³-hybridized carbons (Fsp3) is 0.615. The van der Waals surface area contributed by atoms with Crippen LogP contribution in [0, 0.1) is 0 Å². The zero-order valence-corrected chi connectivity index (χ0v) is 11.0. The third-order valence-corrected chi connectivity index (χ3v) is 2.11. The largest absolute Gasteiger partial charge is 0.380 e. The van der Waals surface area contributed by atoms with Gasteiger partial charge in [0, 0.05) is 41.8 Å². The molecule has 0 saturated heterocycles. The van der Waals surface area contributed by atoms with E-state index in [0.717, 1.165) is 12.2 Å². The molecule has 90 valence electrons. The molecule has 0 bridgehead atoms. The van der Waals surface area contributed by atoms with Gasteiger partial charge in [0.05, 0.1) is 0 Å². The Kier molecular flexibility index (Phi) is 4.30. The molecule has 0 aliphatic heterocycles. The molecule has 0 fully saturated rings. The summed E-state index contributed by atoms with van der Waals surface area (Å²) in [5, 5.41) is 6.90. The second-order valence-corrected chi connectivity index (χ2v) is 5.44. The maximum atomic E-state index is 4.17.